The molecule has 2 nitrogen and oxygen atoms in total. The third-order valence-corrected chi connectivity index (χ3v) is 2.97. The van der Waals surface area contributed by atoms with E-state index in [1.807, 2.05) is 37.3 Å². The molecule has 2 rings (SSSR count). The van der Waals surface area contributed by atoms with Gasteiger partial charge in [-0.1, -0.05) is 37.3 Å². The zero-order chi connectivity index (χ0) is 12.3. The summed E-state index contributed by atoms with van der Waals surface area (Å²) in [4.78, 5) is 3.83. The normalized spacial score (nSPS) is 14.3. The molecule has 2 unspecified atom stereocenters. The van der Waals surface area contributed by atoms with Gasteiger partial charge in [-0.3, -0.25) is 4.98 Å². The van der Waals surface area contributed by atoms with Crippen molar-refractivity contribution in [3.05, 3.63) is 65.7 Å². The minimum Gasteiger partial charge on any atom is -0.323 e. The van der Waals surface area contributed by atoms with E-state index in [9.17, 15) is 4.39 Å². The van der Waals surface area contributed by atoms with Crippen LogP contribution in [-0.4, -0.2) is 4.98 Å². The molecule has 2 aromatic rings. The van der Waals surface area contributed by atoms with Gasteiger partial charge in [-0.15, -0.1) is 0 Å². The number of benzene rings is 1. The molecule has 1 aromatic carbocycles. The number of aromatic nitrogens is 1. The van der Waals surface area contributed by atoms with Crippen LogP contribution in [0.5, 0.6) is 0 Å². The number of hydrogen-bond acceptors (Lipinski definition) is 2. The van der Waals surface area contributed by atoms with Gasteiger partial charge in [0.05, 0.1) is 6.20 Å². The summed E-state index contributed by atoms with van der Waals surface area (Å²) in [6.07, 6.45) is 2.80. The Morgan fingerprint density at radius 3 is 2.47 bits per heavy atom. The fraction of sp³-hybridized carbons (Fsp3) is 0.214. The Labute approximate surface area is 100 Å². The Hall–Kier alpha value is -1.74. The summed E-state index contributed by atoms with van der Waals surface area (Å²) in [5.41, 5.74) is 8.00. The molecule has 0 amide bonds. The van der Waals surface area contributed by atoms with Crippen LogP contribution in [0.2, 0.25) is 0 Å². The molecule has 0 aliphatic rings. The highest BCUT2D eigenvalue weighted by Crippen LogP contribution is 2.28. The topological polar surface area (TPSA) is 38.9 Å². The van der Waals surface area contributed by atoms with E-state index in [4.69, 9.17) is 5.73 Å². The molecule has 0 bridgehead atoms. The Morgan fingerprint density at radius 2 is 1.82 bits per heavy atom. The quantitative estimate of drug-likeness (QED) is 0.880. The lowest BCUT2D eigenvalue weighted by atomic mass is 9.90. The van der Waals surface area contributed by atoms with Gasteiger partial charge in [-0.05, 0) is 17.2 Å². The maximum atomic E-state index is 13.1. The molecule has 0 aliphatic carbocycles. The Morgan fingerprint density at radius 1 is 1.12 bits per heavy atom. The molecule has 17 heavy (non-hydrogen) atoms. The number of pyridine rings is 1. The third kappa shape index (κ3) is 2.68. The van der Waals surface area contributed by atoms with Crippen molar-refractivity contribution in [3.63, 3.8) is 0 Å². The zero-order valence-corrected chi connectivity index (χ0v) is 9.68. The summed E-state index contributed by atoms with van der Waals surface area (Å²) < 4.78 is 13.1. The summed E-state index contributed by atoms with van der Waals surface area (Å²) in [7, 11) is 0. The van der Waals surface area contributed by atoms with Crippen LogP contribution in [0, 0.1) is 5.82 Å². The minimum absolute atomic E-state index is 0.125. The van der Waals surface area contributed by atoms with Gasteiger partial charge in [0.2, 0.25) is 0 Å². The van der Waals surface area contributed by atoms with Crippen LogP contribution in [0.15, 0.2) is 48.8 Å². The molecule has 88 valence electrons. The molecular weight excluding hydrogens is 215 g/mol. The number of halogens is 1. The van der Waals surface area contributed by atoms with Crippen LogP contribution in [0.1, 0.15) is 30.0 Å². The first-order valence-electron chi connectivity index (χ1n) is 5.59. The average Bonchev–Trinajstić information content (AvgIpc) is 2.38. The molecule has 0 fully saturated rings. The lowest BCUT2D eigenvalue weighted by Crippen LogP contribution is -2.18. The van der Waals surface area contributed by atoms with Crippen molar-refractivity contribution in [2.75, 3.05) is 0 Å². The van der Waals surface area contributed by atoms with Crippen molar-refractivity contribution in [1.29, 1.82) is 0 Å². The van der Waals surface area contributed by atoms with Crippen LogP contribution in [0.3, 0.4) is 0 Å². The van der Waals surface area contributed by atoms with Crippen LogP contribution >= 0.6 is 0 Å². The monoisotopic (exact) mass is 230 g/mol. The van der Waals surface area contributed by atoms with Crippen molar-refractivity contribution in [2.45, 2.75) is 18.9 Å². The first-order valence-corrected chi connectivity index (χ1v) is 5.59. The van der Waals surface area contributed by atoms with Gasteiger partial charge in [-0.25, -0.2) is 4.39 Å². The second-order valence-corrected chi connectivity index (χ2v) is 4.16. The van der Waals surface area contributed by atoms with E-state index in [2.05, 4.69) is 4.98 Å². The number of nitrogens with two attached hydrogens (primary N) is 1. The van der Waals surface area contributed by atoms with Crippen molar-refractivity contribution >= 4 is 0 Å². The van der Waals surface area contributed by atoms with Gasteiger partial charge in [0, 0.05) is 18.2 Å². The van der Waals surface area contributed by atoms with Gasteiger partial charge in [-0.2, -0.15) is 0 Å². The molecule has 0 spiro atoms. The average molecular weight is 230 g/mol. The zero-order valence-electron chi connectivity index (χ0n) is 9.68. The Balaban J connectivity index is 2.23. The number of rotatable bonds is 3. The standard InChI is InChI=1S/C14H15FN2/c1-10(11-5-3-2-4-6-11)14(16)12-7-13(15)9-17-8-12/h2-10,14H,16H2,1H3. The molecule has 2 N–H and O–H groups in total. The summed E-state index contributed by atoms with van der Waals surface area (Å²) in [6.45, 7) is 2.03. The van der Waals surface area contributed by atoms with E-state index < -0.39 is 0 Å². The van der Waals surface area contributed by atoms with E-state index in [1.54, 1.807) is 6.20 Å². The molecule has 0 saturated carbocycles. The van der Waals surface area contributed by atoms with E-state index in [-0.39, 0.29) is 17.8 Å². The largest absolute Gasteiger partial charge is 0.323 e. The first-order chi connectivity index (χ1) is 8.18. The van der Waals surface area contributed by atoms with E-state index in [0.29, 0.717) is 0 Å². The van der Waals surface area contributed by atoms with Crippen molar-refractivity contribution in [3.8, 4) is 0 Å². The van der Waals surface area contributed by atoms with Crippen molar-refractivity contribution in [1.82, 2.24) is 4.98 Å². The maximum Gasteiger partial charge on any atom is 0.141 e. The van der Waals surface area contributed by atoms with E-state index in [0.717, 1.165) is 11.1 Å². The van der Waals surface area contributed by atoms with Gasteiger partial charge < -0.3 is 5.73 Å². The van der Waals surface area contributed by atoms with Crippen molar-refractivity contribution < 1.29 is 4.39 Å². The number of hydrogen-bond donors (Lipinski definition) is 1. The van der Waals surface area contributed by atoms with Gasteiger partial charge in [0.1, 0.15) is 5.82 Å². The minimum atomic E-state index is -0.349. The molecule has 2 atom stereocenters. The fourth-order valence-electron chi connectivity index (χ4n) is 1.86. The predicted molar refractivity (Wildman–Crippen MR) is 66.0 cm³/mol. The summed E-state index contributed by atoms with van der Waals surface area (Å²) in [6, 6.07) is 11.2. The Bertz CT molecular complexity index is 485. The van der Waals surface area contributed by atoms with Crippen LogP contribution < -0.4 is 5.73 Å². The smallest absolute Gasteiger partial charge is 0.141 e. The Kier molecular flexibility index (Phi) is 3.49. The SMILES string of the molecule is CC(c1ccccc1)C(N)c1cncc(F)c1. The van der Waals surface area contributed by atoms with Crippen LogP contribution in [0.25, 0.3) is 0 Å². The molecule has 0 saturated heterocycles. The second-order valence-electron chi connectivity index (χ2n) is 4.16. The summed E-state index contributed by atoms with van der Waals surface area (Å²) >= 11 is 0. The van der Waals surface area contributed by atoms with Gasteiger partial charge in [0.15, 0.2) is 0 Å². The highest BCUT2D eigenvalue weighted by molar-refractivity contribution is 5.25. The van der Waals surface area contributed by atoms with E-state index in [1.165, 1.54) is 12.3 Å². The van der Waals surface area contributed by atoms with Crippen LogP contribution in [0.4, 0.5) is 4.39 Å². The van der Waals surface area contributed by atoms with Gasteiger partial charge in [0.25, 0.3) is 0 Å². The highest BCUT2D eigenvalue weighted by atomic mass is 19.1. The third-order valence-electron chi connectivity index (χ3n) is 2.97. The molecule has 0 aliphatic heterocycles. The maximum absolute atomic E-state index is 13.1. The predicted octanol–water partition coefficient (Wildman–Crippen LogP) is 3.02. The lowest BCUT2D eigenvalue weighted by molar-refractivity contribution is 0.577. The van der Waals surface area contributed by atoms with E-state index >= 15 is 0 Å². The van der Waals surface area contributed by atoms with Crippen molar-refractivity contribution in [2.24, 2.45) is 5.73 Å². The highest BCUT2D eigenvalue weighted by Gasteiger charge is 2.17. The molecule has 1 heterocycles. The number of nitrogens with zero attached hydrogens (tertiary/aromatic N) is 1. The lowest BCUT2D eigenvalue weighted by Gasteiger charge is -2.20. The molecular formula is C14H15FN2. The van der Waals surface area contributed by atoms with Gasteiger partial charge >= 0.3 is 0 Å². The molecule has 1 aromatic heterocycles. The second kappa shape index (κ2) is 5.06. The first kappa shape index (κ1) is 11.7. The fourth-order valence-corrected chi connectivity index (χ4v) is 1.86. The molecule has 3 heteroatoms. The molecule has 0 radical (unpaired) electrons. The van der Waals surface area contributed by atoms with Crippen LogP contribution in [-0.2, 0) is 0 Å². The summed E-state index contributed by atoms with van der Waals surface area (Å²) in [5, 5.41) is 0. The summed E-state index contributed by atoms with van der Waals surface area (Å²) in [5.74, 6) is -0.224.